The molecular weight excluding hydrogens is 383 g/mol. The molecule has 11 heteroatoms. The molecular formula is C17H16N6O4S. The molecule has 0 saturated carbocycles. The van der Waals surface area contributed by atoms with Crippen molar-refractivity contribution in [3.8, 4) is 17.6 Å². The second-order valence-electron chi connectivity index (χ2n) is 5.62. The lowest BCUT2D eigenvalue weighted by atomic mass is 10.1. The van der Waals surface area contributed by atoms with Gasteiger partial charge in [0.15, 0.2) is 11.5 Å². The van der Waals surface area contributed by atoms with E-state index in [0.717, 1.165) is 5.69 Å². The minimum atomic E-state index is -4.21. The van der Waals surface area contributed by atoms with Crippen LogP contribution < -0.4 is 19.1 Å². The van der Waals surface area contributed by atoms with Crippen molar-refractivity contribution in [2.24, 2.45) is 5.14 Å². The van der Waals surface area contributed by atoms with E-state index in [1.807, 2.05) is 5.01 Å². The van der Waals surface area contributed by atoms with E-state index in [4.69, 9.17) is 19.3 Å². The third-order valence-corrected chi connectivity index (χ3v) is 4.16. The average molecular weight is 399 g/mol. The van der Waals surface area contributed by atoms with E-state index in [1.165, 1.54) is 25.8 Å². The topological polar surface area (TPSA) is 136 Å². The zero-order chi connectivity index (χ0) is 20.1. The molecule has 0 spiro atoms. The van der Waals surface area contributed by atoms with E-state index in [1.54, 1.807) is 41.1 Å². The summed E-state index contributed by atoms with van der Waals surface area (Å²) in [7, 11) is -2.81. The molecule has 0 saturated heterocycles. The maximum Gasteiger partial charge on any atom is 0.380 e. The second-order valence-corrected chi connectivity index (χ2v) is 6.77. The van der Waals surface area contributed by atoms with Gasteiger partial charge in [0.2, 0.25) is 0 Å². The average Bonchev–Trinajstić information content (AvgIpc) is 3.19. The van der Waals surface area contributed by atoms with Crippen molar-refractivity contribution in [1.82, 2.24) is 14.9 Å². The molecule has 0 fully saturated rings. The van der Waals surface area contributed by atoms with Crippen LogP contribution in [-0.4, -0.2) is 30.4 Å². The third kappa shape index (κ3) is 4.56. The number of nitrogens with zero attached hydrogens (tertiary/aromatic N) is 5. The standard InChI is InChI=1S/C17H16N6O4S/c1-26-16-7-4-14(8-17(16)27-28(19,24)25)10-23(22-11-20-21-12-22)15-5-2-13(9-18)3-6-15/h2-8,11-12H,10H2,1H3,(H2,19,24,25)/i1-1. The lowest BCUT2D eigenvalue weighted by molar-refractivity contribution is 0.390. The van der Waals surface area contributed by atoms with Gasteiger partial charge in [-0.2, -0.15) is 18.8 Å². The van der Waals surface area contributed by atoms with Gasteiger partial charge in [-0.05, 0) is 42.0 Å². The molecule has 3 rings (SSSR count). The second kappa shape index (κ2) is 7.95. The maximum atomic E-state index is 11.3. The predicted molar refractivity (Wildman–Crippen MR) is 99.5 cm³/mol. The van der Waals surface area contributed by atoms with Crippen LogP contribution in [0, 0.1) is 11.3 Å². The molecule has 0 aliphatic rings. The number of ether oxygens (including phenoxy) is 1. The zero-order valence-corrected chi connectivity index (χ0v) is 15.6. The normalized spacial score (nSPS) is 10.9. The number of nitrogens with two attached hydrogens (primary N) is 1. The van der Waals surface area contributed by atoms with Crippen molar-refractivity contribution in [3.05, 3.63) is 66.2 Å². The van der Waals surface area contributed by atoms with Crippen LogP contribution in [0.15, 0.2) is 55.1 Å². The Balaban J connectivity index is 1.97. The summed E-state index contributed by atoms with van der Waals surface area (Å²) in [5.41, 5.74) is 2.00. The summed E-state index contributed by atoms with van der Waals surface area (Å²) in [6, 6.07) is 13.9. The van der Waals surface area contributed by atoms with E-state index >= 15 is 0 Å². The van der Waals surface area contributed by atoms with Crippen molar-refractivity contribution in [2.45, 2.75) is 6.54 Å². The summed E-state index contributed by atoms with van der Waals surface area (Å²) in [6.07, 6.45) is 3.03. The lowest BCUT2D eigenvalue weighted by Crippen LogP contribution is -2.28. The highest BCUT2D eigenvalue weighted by atomic mass is 32.2. The molecule has 2 aromatic carbocycles. The number of rotatable bonds is 7. The Morgan fingerprint density at radius 3 is 2.39 bits per heavy atom. The molecule has 0 radical (unpaired) electrons. The summed E-state index contributed by atoms with van der Waals surface area (Å²) in [4.78, 5) is 0. The van der Waals surface area contributed by atoms with E-state index < -0.39 is 10.3 Å². The van der Waals surface area contributed by atoms with Crippen LogP contribution in [-0.2, 0) is 16.8 Å². The molecule has 0 amide bonds. The largest absolute Gasteiger partial charge is 0.493 e. The molecule has 0 aliphatic carbocycles. The monoisotopic (exact) mass is 399 g/mol. The minimum absolute atomic E-state index is 0.0222. The van der Waals surface area contributed by atoms with Gasteiger partial charge in [-0.15, -0.1) is 10.2 Å². The first kappa shape index (κ1) is 19.2. The van der Waals surface area contributed by atoms with Crippen LogP contribution in [0.4, 0.5) is 5.69 Å². The van der Waals surface area contributed by atoms with E-state index in [9.17, 15) is 8.42 Å². The van der Waals surface area contributed by atoms with Crippen molar-refractivity contribution < 1.29 is 17.3 Å². The number of aromatic nitrogens is 3. The van der Waals surface area contributed by atoms with Crippen molar-refractivity contribution in [1.29, 1.82) is 5.26 Å². The van der Waals surface area contributed by atoms with Gasteiger partial charge in [0.25, 0.3) is 0 Å². The van der Waals surface area contributed by atoms with Gasteiger partial charge in [0.05, 0.1) is 31.0 Å². The molecule has 3 aromatic rings. The van der Waals surface area contributed by atoms with Crippen molar-refractivity contribution in [2.75, 3.05) is 12.1 Å². The van der Waals surface area contributed by atoms with Gasteiger partial charge in [-0.25, -0.2) is 4.68 Å². The van der Waals surface area contributed by atoms with Gasteiger partial charge in [0, 0.05) is 0 Å². The minimum Gasteiger partial charge on any atom is -0.493 e. The fraction of sp³-hybridized carbons (Fsp3) is 0.118. The van der Waals surface area contributed by atoms with Crippen LogP contribution >= 0.6 is 0 Å². The summed E-state index contributed by atoms with van der Waals surface area (Å²) in [6.45, 7) is 0.314. The van der Waals surface area contributed by atoms with Crippen molar-refractivity contribution in [3.63, 3.8) is 0 Å². The molecule has 28 heavy (non-hydrogen) atoms. The number of anilines is 1. The highest BCUT2D eigenvalue weighted by molar-refractivity contribution is 7.84. The summed E-state index contributed by atoms with van der Waals surface area (Å²) >= 11 is 0. The summed E-state index contributed by atoms with van der Waals surface area (Å²) in [5.74, 6) is 0.207. The number of benzene rings is 2. The van der Waals surface area contributed by atoms with E-state index in [-0.39, 0.29) is 11.5 Å². The molecule has 0 aliphatic heterocycles. The molecule has 0 atom stereocenters. The number of hydrogen-bond donors (Lipinski definition) is 1. The Morgan fingerprint density at radius 2 is 1.82 bits per heavy atom. The number of methoxy groups -OCH3 is 1. The molecule has 0 unspecified atom stereocenters. The first-order valence-electron chi connectivity index (χ1n) is 7.91. The molecule has 0 bridgehead atoms. The van der Waals surface area contributed by atoms with Gasteiger partial charge >= 0.3 is 10.3 Å². The highest BCUT2D eigenvalue weighted by Gasteiger charge is 2.15. The summed E-state index contributed by atoms with van der Waals surface area (Å²) < 4.78 is 34.2. The van der Waals surface area contributed by atoms with Gasteiger partial charge in [-0.3, -0.25) is 5.01 Å². The Morgan fingerprint density at radius 1 is 1.14 bits per heavy atom. The first-order valence-corrected chi connectivity index (χ1v) is 9.38. The summed E-state index contributed by atoms with van der Waals surface area (Å²) in [5, 5.41) is 23.4. The van der Waals surface area contributed by atoms with Crippen LogP contribution in [0.25, 0.3) is 0 Å². The van der Waals surface area contributed by atoms with Crippen LogP contribution in [0.3, 0.4) is 0 Å². The van der Waals surface area contributed by atoms with E-state index in [2.05, 4.69) is 16.3 Å². The quantitative estimate of drug-likeness (QED) is 0.626. The van der Waals surface area contributed by atoms with Gasteiger partial charge < -0.3 is 8.92 Å². The smallest absolute Gasteiger partial charge is 0.380 e. The van der Waals surface area contributed by atoms with Gasteiger partial charge in [0.1, 0.15) is 12.7 Å². The Labute approximate surface area is 161 Å². The fourth-order valence-corrected chi connectivity index (χ4v) is 2.90. The Bertz CT molecular complexity index is 1090. The lowest BCUT2D eigenvalue weighted by Gasteiger charge is -2.25. The Hall–Kier alpha value is -3.62. The number of hydrogen-bond acceptors (Lipinski definition) is 8. The SMILES string of the molecule is [11CH3]Oc1ccc(CN(c2ccc(C#N)cc2)n2cnnc2)cc1OS(N)(=O)=O. The molecule has 10 nitrogen and oxygen atoms in total. The molecule has 1 heterocycles. The maximum absolute atomic E-state index is 11.3. The molecule has 2 N–H and O–H groups in total. The fourth-order valence-electron chi connectivity index (χ4n) is 2.52. The Kier molecular flexibility index (Phi) is 5.44. The van der Waals surface area contributed by atoms with Crippen LogP contribution in [0.5, 0.6) is 11.5 Å². The highest BCUT2D eigenvalue weighted by Crippen LogP contribution is 2.30. The van der Waals surface area contributed by atoms with Crippen LogP contribution in [0.1, 0.15) is 11.1 Å². The molecule has 144 valence electrons. The van der Waals surface area contributed by atoms with Crippen molar-refractivity contribution >= 4 is 16.0 Å². The zero-order valence-electron chi connectivity index (χ0n) is 14.8. The van der Waals surface area contributed by atoms with Crippen LogP contribution in [0.2, 0.25) is 0 Å². The van der Waals surface area contributed by atoms with Gasteiger partial charge in [-0.1, -0.05) is 6.07 Å². The number of nitriles is 1. The third-order valence-electron chi connectivity index (χ3n) is 3.75. The van der Waals surface area contributed by atoms with E-state index in [0.29, 0.717) is 17.7 Å². The molecule has 1 aromatic heterocycles. The first-order chi connectivity index (χ1) is 13.4. The predicted octanol–water partition coefficient (Wildman–Crippen LogP) is 1.21.